The molecule has 0 spiro atoms. The van der Waals surface area contributed by atoms with Crippen molar-refractivity contribution >= 4 is 0 Å². The Balaban J connectivity index is 2.59. The minimum Gasteiger partial charge on any atom is -0.394 e. The summed E-state index contributed by atoms with van der Waals surface area (Å²) in [6.07, 6.45) is -4.45. The van der Waals surface area contributed by atoms with Crippen LogP contribution >= 0.6 is 0 Å². The van der Waals surface area contributed by atoms with E-state index in [1.54, 1.807) is 0 Å². The van der Waals surface area contributed by atoms with Crippen LogP contribution in [0.2, 0.25) is 0 Å². The summed E-state index contributed by atoms with van der Waals surface area (Å²) in [5.41, 5.74) is 0. The van der Waals surface area contributed by atoms with E-state index in [0.717, 1.165) is 0 Å². The van der Waals surface area contributed by atoms with Gasteiger partial charge in [-0.3, -0.25) is 0 Å². The number of hydrogen-bond acceptors (Lipinski definition) is 7. The van der Waals surface area contributed by atoms with Crippen LogP contribution in [0.3, 0.4) is 0 Å². The summed E-state index contributed by atoms with van der Waals surface area (Å²) in [6, 6.07) is 0. The molecule has 5 atom stereocenters. The van der Waals surface area contributed by atoms with Crippen LogP contribution in [0.5, 0.6) is 0 Å². The summed E-state index contributed by atoms with van der Waals surface area (Å²) < 4.78 is 20.5. The second-order valence-electron chi connectivity index (χ2n) is 3.76. The maximum Gasteiger partial charge on any atom is 0.186 e. The third kappa shape index (κ3) is 3.59. The molecule has 0 aromatic rings. The maximum absolute atomic E-state index is 9.83. The van der Waals surface area contributed by atoms with Crippen LogP contribution < -0.4 is 0 Å². The van der Waals surface area contributed by atoms with Gasteiger partial charge < -0.3 is 34.3 Å². The van der Waals surface area contributed by atoms with Crippen molar-refractivity contribution in [2.75, 3.05) is 34.0 Å². The van der Waals surface area contributed by atoms with Crippen molar-refractivity contribution < 1.29 is 34.3 Å². The first-order valence-electron chi connectivity index (χ1n) is 5.41. The highest BCUT2D eigenvalue weighted by Gasteiger charge is 2.44. The van der Waals surface area contributed by atoms with Gasteiger partial charge in [0.15, 0.2) is 6.29 Å². The second-order valence-corrected chi connectivity index (χ2v) is 3.76. The van der Waals surface area contributed by atoms with Crippen molar-refractivity contribution in [2.45, 2.75) is 30.7 Å². The van der Waals surface area contributed by atoms with Crippen LogP contribution in [0.15, 0.2) is 0 Å². The van der Waals surface area contributed by atoms with E-state index in [1.807, 2.05) is 0 Å². The molecule has 7 nitrogen and oxygen atoms in total. The van der Waals surface area contributed by atoms with Gasteiger partial charge in [-0.25, -0.2) is 0 Å². The Kier molecular flexibility index (Phi) is 6.28. The fourth-order valence-corrected chi connectivity index (χ4v) is 1.79. The van der Waals surface area contributed by atoms with Crippen LogP contribution in [0.4, 0.5) is 0 Å². The summed E-state index contributed by atoms with van der Waals surface area (Å²) in [5.74, 6) is 0. The standard InChI is InChI=1S/C10H20O7/c1-14-9-6(5-16-4-3-11)17-10(15-2)8(13)7(9)12/h6-13H,3-5H2,1-2H3. The highest BCUT2D eigenvalue weighted by Crippen LogP contribution is 2.23. The van der Waals surface area contributed by atoms with E-state index in [9.17, 15) is 10.2 Å². The number of aliphatic hydroxyl groups excluding tert-OH is 3. The largest absolute Gasteiger partial charge is 0.394 e. The zero-order valence-electron chi connectivity index (χ0n) is 9.98. The number of rotatable bonds is 6. The van der Waals surface area contributed by atoms with Crippen LogP contribution in [-0.2, 0) is 18.9 Å². The fourth-order valence-electron chi connectivity index (χ4n) is 1.79. The summed E-state index contributed by atoms with van der Waals surface area (Å²) in [6.45, 7) is 0.221. The lowest BCUT2D eigenvalue weighted by molar-refractivity contribution is -0.300. The molecule has 0 amide bonds. The molecule has 0 aromatic carbocycles. The van der Waals surface area contributed by atoms with Gasteiger partial charge in [0.25, 0.3) is 0 Å². The van der Waals surface area contributed by atoms with Crippen molar-refractivity contribution in [2.24, 2.45) is 0 Å². The topological polar surface area (TPSA) is 97.6 Å². The molecule has 102 valence electrons. The Morgan fingerprint density at radius 2 is 1.82 bits per heavy atom. The third-order valence-corrected chi connectivity index (χ3v) is 2.66. The van der Waals surface area contributed by atoms with Crippen molar-refractivity contribution in [3.05, 3.63) is 0 Å². The minimum absolute atomic E-state index is 0.0940. The van der Waals surface area contributed by atoms with E-state index in [1.165, 1.54) is 14.2 Å². The minimum atomic E-state index is -1.17. The molecule has 1 fully saturated rings. The van der Waals surface area contributed by atoms with Gasteiger partial charge >= 0.3 is 0 Å². The first kappa shape index (κ1) is 14.8. The van der Waals surface area contributed by atoms with Gasteiger partial charge in [-0.15, -0.1) is 0 Å². The molecule has 1 aliphatic rings. The summed E-state index contributed by atoms with van der Waals surface area (Å²) >= 11 is 0. The van der Waals surface area contributed by atoms with Gasteiger partial charge in [-0.05, 0) is 0 Å². The Morgan fingerprint density at radius 1 is 1.12 bits per heavy atom. The Bertz CT molecular complexity index is 213. The summed E-state index contributed by atoms with van der Waals surface area (Å²) in [7, 11) is 2.79. The maximum atomic E-state index is 9.83. The third-order valence-electron chi connectivity index (χ3n) is 2.66. The molecule has 1 saturated heterocycles. The summed E-state index contributed by atoms with van der Waals surface area (Å²) in [4.78, 5) is 0. The van der Waals surface area contributed by atoms with E-state index in [4.69, 9.17) is 24.1 Å². The first-order chi connectivity index (χ1) is 8.15. The van der Waals surface area contributed by atoms with Gasteiger partial charge in [0, 0.05) is 14.2 Å². The zero-order chi connectivity index (χ0) is 12.8. The van der Waals surface area contributed by atoms with Crippen molar-refractivity contribution in [3.63, 3.8) is 0 Å². The van der Waals surface area contributed by atoms with Crippen molar-refractivity contribution in [1.82, 2.24) is 0 Å². The van der Waals surface area contributed by atoms with Crippen LogP contribution in [-0.4, -0.2) is 80.1 Å². The predicted molar refractivity (Wildman–Crippen MR) is 56.4 cm³/mol. The highest BCUT2D eigenvalue weighted by molar-refractivity contribution is 4.90. The lowest BCUT2D eigenvalue weighted by Gasteiger charge is -2.41. The molecule has 1 rings (SSSR count). The van der Waals surface area contributed by atoms with Gasteiger partial charge in [0.05, 0.1) is 19.8 Å². The molecule has 5 unspecified atom stereocenters. The number of ether oxygens (including phenoxy) is 4. The highest BCUT2D eigenvalue weighted by atomic mass is 16.7. The molecule has 1 heterocycles. The van der Waals surface area contributed by atoms with E-state index in [0.29, 0.717) is 0 Å². The Morgan fingerprint density at radius 3 is 2.35 bits per heavy atom. The van der Waals surface area contributed by atoms with Crippen molar-refractivity contribution in [3.8, 4) is 0 Å². The quantitative estimate of drug-likeness (QED) is 0.475. The van der Waals surface area contributed by atoms with Crippen molar-refractivity contribution in [1.29, 1.82) is 0 Å². The predicted octanol–water partition coefficient (Wildman–Crippen LogP) is -1.90. The summed E-state index contributed by atoms with van der Waals surface area (Å²) in [5, 5.41) is 28.1. The van der Waals surface area contributed by atoms with Gasteiger partial charge in [0.2, 0.25) is 0 Å². The Hall–Kier alpha value is -0.280. The zero-order valence-corrected chi connectivity index (χ0v) is 9.98. The smallest absolute Gasteiger partial charge is 0.186 e. The van der Waals surface area contributed by atoms with Gasteiger partial charge in [-0.1, -0.05) is 0 Å². The number of hydrogen-bond donors (Lipinski definition) is 3. The average Bonchev–Trinajstić information content (AvgIpc) is 2.34. The molecule has 0 aromatic heterocycles. The molecule has 1 aliphatic heterocycles. The second kappa shape index (κ2) is 7.22. The lowest BCUT2D eigenvalue weighted by atomic mass is 9.99. The average molecular weight is 252 g/mol. The van der Waals surface area contributed by atoms with Crippen LogP contribution in [0, 0.1) is 0 Å². The SMILES string of the molecule is COC1OC(COCCO)C(OC)C(O)C1O. The van der Waals surface area contributed by atoms with Gasteiger partial charge in [-0.2, -0.15) is 0 Å². The normalized spacial score (nSPS) is 38.3. The molecular weight excluding hydrogens is 232 g/mol. The number of methoxy groups -OCH3 is 2. The van der Waals surface area contributed by atoms with Gasteiger partial charge in [0.1, 0.15) is 24.4 Å². The molecular formula is C10H20O7. The first-order valence-corrected chi connectivity index (χ1v) is 5.41. The fraction of sp³-hybridized carbons (Fsp3) is 1.00. The Labute approximate surface area is 99.9 Å². The van der Waals surface area contributed by atoms with E-state index in [-0.39, 0.29) is 19.8 Å². The number of aliphatic hydroxyl groups is 3. The molecule has 0 aliphatic carbocycles. The monoisotopic (exact) mass is 252 g/mol. The van der Waals surface area contributed by atoms with Crippen LogP contribution in [0.1, 0.15) is 0 Å². The molecule has 3 N–H and O–H groups in total. The van der Waals surface area contributed by atoms with E-state index < -0.39 is 30.7 Å². The molecule has 0 bridgehead atoms. The van der Waals surface area contributed by atoms with E-state index in [2.05, 4.69) is 0 Å². The molecule has 7 heteroatoms. The van der Waals surface area contributed by atoms with Crippen LogP contribution in [0.25, 0.3) is 0 Å². The molecule has 0 radical (unpaired) electrons. The molecule has 17 heavy (non-hydrogen) atoms. The lowest BCUT2D eigenvalue weighted by Crippen LogP contribution is -2.59. The molecule has 0 saturated carbocycles. The van der Waals surface area contributed by atoms with E-state index >= 15 is 0 Å².